The number of carbonyl (C=O) groups is 1. The van der Waals surface area contributed by atoms with Gasteiger partial charge in [0.1, 0.15) is 6.33 Å². The van der Waals surface area contributed by atoms with E-state index in [4.69, 9.17) is 10.5 Å². The standard InChI is InChI=1S/C11H19N5O2/c1-7(2)16(5-8(12)17)11-9(18-4)10(13-3)14-6-15-11/h6-7H,5H2,1-4H3,(H2,12,17)(H,13,14,15). The molecule has 0 aliphatic carbocycles. The molecule has 1 aromatic rings. The van der Waals surface area contributed by atoms with Crippen molar-refractivity contribution >= 4 is 17.5 Å². The number of nitrogens with one attached hydrogen (secondary N) is 1. The van der Waals surface area contributed by atoms with Gasteiger partial charge in [-0.15, -0.1) is 0 Å². The Morgan fingerprint density at radius 1 is 1.56 bits per heavy atom. The number of nitrogens with two attached hydrogens (primary N) is 1. The van der Waals surface area contributed by atoms with Gasteiger partial charge in [0, 0.05) is 13.1 Å². The van der Waals surface area contributed by atoms with Crippen LogP contribution in [-0.2, 0) is 4.79 Å². The first kappa shape index (κ1) is 14.0. The summed E-state index contributed by atoms with van der Waals surface area (Å²) in [5.41, 5.74) is 5.25. The zero-order valence-corrected chi connectivity index (χ0v) is 11.1. The molecule has 0 bridgehead atoms. The lowest BCUT2D eigenvalue weighted by atomic mass is 10.3. The number of ether oxygens (including phenoxy) is 1. The summed E-state index contributed by atoms with van der Waals surface area (Å²) in [6, 6.07) is 0.0611. The second kappa shape index (κ2) is 6.04. The van der Waals surface area contributed by atoms with Crippen LogP contribution < -0.4 is 20.7 Å². The summed E-state index contributed by atoms with van der Waals surface area (Å²) in [6.45, 7) is 3.97. The molecule has 3 N–H and O–H groups in total. The molecule has 1 rings (SSSR count). The fourth-order valence-electron chi connectivity index (χ4n) is 1.60. The van der Waals surface area contributed by atoms with Crippen LogP contribution in [0.25, 0.3) is 0 Å². The molecule has 0 aliphatic rings. The third-order valence-corrected chi connectivity index (χ3v) is 2.45. The summed E-state index contributed by atoms with van der Waals surface area (Å²) in [7, 11) is 3.27. The molecule has 0 saturated carbocycles. The Labute approximate surface area is 106 Å². The van der Waals surface area contributed by atoms with Crippen LogP contribution in [0.5, 0.6) is 5.75 Å². The minimum Gasteiger partial charge on any atom is -0.490 e. The summed E-state index contributed by atoms with van der Waals surface area (Å²) in [6.07, 6.45) is 1.42. The van der Waals surface area contributed by atoms with E-state index in [0.717, 1.165) is 0 Å². The first-order valence-corrected chi connectivity index (χ1v) is 5.63. The molecular formula is C11H19N5O2. The van der Waals surface area contributed by atoms with Crippen LogP contribution in [0, 0.1) is 0 Å². The zero-order chi connectivity index (χ0) is 13.7. The molecule has 1 amide bonds. The molecule has 0 aliphatic heterocycles. The summed E-state index contributed by atoms with van der Waals surface area (Å²) in [4.78, 5) is 21.1. The Hall–Kier alpha value is -2.05. The summed E-state index contributed by atoms with van der Waals surface area (Å²) >= 11 is 0. The van der Waals surface area contributed by atoms with Crippen LogP contribution in [0.15, 0.2) is 6.33 Å². The maximum absolute atomic E-state index is 11.1. The maximum Gasteiger partial charge on any atom is 0.237 e. The molecule has 1 heterocycles. The van der Waals surface area contributed by atoms with E-state index in [2.05, 4.69) is 15.3 Å². The fourth-order valence-corrected chi connectivity index (χ4v) is 1.60. The average molecular weight is 253 g/mol. The lowest BCUT2D eigenvalue weighted by Crippen LogP contribution is -2.39. The number of carbonyl (C=O) groups excluding carboxylic acids is 1. The van der Waals surface area contributed by atoms with Crippen molar-refractivity contribution in [2.75, 3.05) is 30.9 Å². The molecule has 18 heavy (non-hydrogen) atoms. The second-order valence-corrected chi connectivity index (χ2v) is 4.02. The predicted molar refractivity (Wildman–Crippen MR) is 69.8 cm³/mol. The smallest absolute Gasteiger partial charge is 0.237 e. The topological polar surface area (TPSA) is 93.4 Å². The Morgan fingerprint density at radius 3 is 2.67 bits per heavy atom. The number of anilines is 2. The van der Waals surface area contributed by atoms with Gasteiger partial charge in [-0.05, 0) is 13.8 Å². The molecule has 0 atom stereocenters. The van der Waals surface area contributed by atoms with E-state index in [9.17, 15) is 4.79 Å². The number of aromatic nitrogens is 2. The first-order chi connectivity index (χ1) is 8.51. The lowest BCUT2D eigenvalue weighted by molar-refractivity contribution is -0.116. The van der Waals surface area contributed by atoms with E-state index in [-0.39, 0.29) is 12.6 Å². The highest BCUT2D eigenvalue weighted by atomic mass is 16.5. The van der Waals surface area contributed by atoms with Gasteiger partial charge in [0.2, 0.25) is 11.7 Å². The molecule has 0 aromatic carbocycles. The lowest BCUT2D eigenvalue weighted by Gasteiger charge is -2.28. The minimum atomic E-state index is -0.421. The van der Waals surface area contributed by atoms with Gasteiger partial charge in [0.15, 0.2) is 11.6 Å². The molecule has 1 aromatic heterocycles. The van der Waals surface area contributed by atoms with Gasteiger partial charge in [-0.2, -0.15) is 0 Å². The Morgan fingerprint density at radius 2 is 2.22 bits per heavy atom. The molecule has 100 valence electrons. The number of primary amides is 1. The predicted octanol–water partition coefficient (Wildman–Crippen LogP) is 0.227. The molecule has 0 radical (unpaired) electrons. The Balaban J connectivity index is 3.22. The normalized spacial score (nSPS) is 10.3. The maximum atomic E-state index is 11.1. The van der Waals surface area contributed by atoms with Crippen LogP contribution >= 0.6 is 0 Å². The van der Waals surface area contributed by atoms with Gasteiger partial charge in [-0.1, -0.05) is 0 Å². The van der Waals surface area contributed by atoms with Gasteiger partial charge >= 0.3 is 0 Å². The van der Waals surface area contributed by atoms with Crippen molar-refractivity contribution in [3.63, 3.8) is 0 Å². The largest absolute Gasteiger partial charge is 0.490 e. The molecule has 0 saturated heterocycles. The third kappa shape index (κ3) is 2.99. The summed E-state index contributed by atoms with van der Waals surface area (Å²) < 4.78 is 5.30. The molecule has 0 unspecified atom stereocenters. The van der Waals surface area contributed by atoms with Gasteiger partial charge in [-0.3, -0.25) is 4.79 Å². The average Bonchev–Trinajstić information content (AvgIpc) is 2.34. The quantitative estimate of drug-likeness (QED) is 0.753. The number of hydrogen-bond acceptors (Lipinski definition) is 6. The van der Waals surface area contributed by atoms with Crippen molar-refractivity contribution in [2.45, 2.75) is 19.9 Å². The van der Waals surface area contributed by atoms with Crippen molar-refractivity contribution in [3.8, 4) is 5.75 Å². The molecule has 0 fully saturated rings. The summed E-state index contributed by atoms with van der Waals surface area (Å²) in [5, 5.41) is 2.92. The van der Waals surface area contributed by atoms with Crippen molar-refractivity contribution in [2.24, 2.45) is 5.73 Å². The zero-order valence-electron chi connectivity index (χ0n) is 11.1. The van der Waals surface area contributed by atoms with Gasteiger partial charge in [0.05, 0.1) is 13.7 Å². The van der Waals surface area contributed by atoms with E-state index in [1.165, 1.54) is 13.4 Å². The number of rotatable bonds is 6. The monoisotopic (exact) mass is 253 g/mol. The van der Waals surface area contributed by atoms with Crippen molar-refractivity contribution in [3.05, 3.63) is 6.33 Å². The molecule has 7 nitrogen and oxygen atoms in total. The van der Waals surface area contributed by atoms with Crippen LogP contribution in [0.1, 0.15) is 13.8 Å². The number of hydrogen-bond donors (Lipinski definition) is 2. The minimum absolute atomic E-state index is 0.0611. The summed E-state index contributed by atoms with van der Waals surface area (Å²) in [5.74, 6) is 1.19. The van der Waals surface area contributed by atoms with Gasteiger partial charge < -0.3 is 20.7 Å². The molecular weight excluding hydrogens is 234 g/mol. The van der Waals surface area contributed by atoms with E-state index in [1.54, 1.807) is 11.9 Å². The van der Waals surface area contributed by atoms with Crippen molar-refractivity contribution in [1.82, 2.24) is 9.97 Å². The van der Waals surface area contributed by atoms with E-state index < -0.39 is 5.91 Å². The van der Waals surface area contributed by atoms with E-state index in [0.29, 0.717) is 17.4 Å². The number of methoxy groups -OCH3 is 1. The fraction of sp³-hybridized carbons (Fsp3) is 0.545. The Bertz CT molecular complexity index is 422. The third-order valence-electron chi connectivity index (χ3n) is 2.45. The molecule has 7 heteroatoms. The highest BCUT2D eigenvalue weighted by molar-refractivity contribution is 5.80. The van der Waals surface area contributed by atoms with Gasteiger partial charge in [-0.25, -0.2) is 9.97 Å². The SMILES string of the molecule is CNc1ncnc(N(CC(N)=O)C(C)C)c1OC. The highest BCUT2D eigenvalue weighted by Gasteiger charge is 2.21. The van der Waals surface area contributed by atoms with Crippen LogP contribution in [0.4, 0.5) is 11.6 Å². The van der Waals surface area contributed by atoms with Crippen LogP contribution in [-0.4, -0.2) is 42.6 Å². The van der Waals surface area contributed by atoms with Gasteiger partial charge in [0.25, 0.3) is 0 Å². The van der Waals surface area contributed by atoms with Crippen LogP contribution in [0.3, 0.4) is 0 Å². The second-order valence-electron chi connectivity index (χ2n) is 4.02. The molecule has 0 spiro atoms. The van der Waals surface area contributed by atoms with E-state index in [1.807, 2.05) is 13.8 Å². The highest BCUT2D eigenvalue weighted by Crippen LogP contribution is 2.32. The van der Waals surface area contributed by atoms with E-state index >= 15 is 0 Å². The van der Waals surface area contributed by atoms with Crippen molar-refractivity contribution in [1.29, 1.82) is 0 Å². The van der Waals surface area contributed by atoms with Crippen molar-refractivity contribution < 1.29 is 9.53 Å². The first-order valence-electron chi connectivity index (χ1n) is 5.63. The number of amides is 1. The Kier molecular flexibility index (Phi) is 4.70. The van der Waals surface area contributed by atoms with Crippen LogP contribution in [0.2, 0.25) is 0 Å². The number of nitrogens with zero attached hydrogens (tertiary/aromatic N) is 3.